The van der Waals surface area contributed by atoms with Crippen LogP contribution in [0.4, 0.5) is 18.9 Å². The molecule has 0 aliphatic rings. The summed E-state index contributed by atoms with van der Waals surface area (Å²) < 4.78 is 49.6. The SMILES string of the molecule is COC(=O)CN(Cc1ccccc1C(=O)OC)c1ccccc1C(F)(F)F. The van der Waals surface area contributed by atoms with Crippen molar-refractivity contribution in [1.29, 1.82) is 0 Å². The van der Waals surface area contributed by atoms with Gasteiger partial charge in [-0.3, -0.25) is 4.79 Å². The Hall–Kier alpha value is -3.03. The number of rotatable bonds is 6. The van der Waals surface area contributed by atoms with E-state index in [1.54, 1.807) is 18.2 Å². The number of carbonyl (C=O) groups excluding carboxylic acids is 2. The Morgan fingerprint density at radius 2 is 1.59 bits per heavy atom. The molecule has 0 aliphatic carbocycles. The first-order valence-electron chi connectivity index (χ1n) is 7.92. The zero-order valence-corrected chi connectivity index (χ0v) is 14.7. The molecule has 0 saturated carbocycles. The highest BCUT2D eigenvalue weighted by molar-refractivity contribution is 5.91. The van der Waals surface area contributed by atoms with Crippen molar-refractivity contribution in [1.82, 2.24) is 0 Å². The van der Waals surface area contributed by atoms with Crippen LogP contribution in [-0.4, -0.2) is 32.7 Å². The van der Waals surface area contributed by atoms with Crippen LogP contribution in [0.5, 0.6) is 0 Å². The lowest BCUT2D eigenvalue weighted by Crippen LogP contribution is -2.32. The lowest BCUT2D eigenvalue weighted by molar-refractivity contribution is -0.140. The van der Waals surface area contributed by atoms with Gasteiger partial charge in [-0.2, -0.15) is 13.2 Å². The van der Waals surface area contributed by atoms with E-state index in [0.717, 1.165) is 13.2 Å². The van der Waals surface area contributed by atoms with E-state index in [1.165, 1.54) is 36.3 Å². The van der Waals surface area contributed by atoms with Gasteiger partial charge in [-0.15, -0.1) is 0 Å². The number of nitrogens with zero attached hydrogens (tertiary/aromatic N) is 1. The molecule has 8 heteroatoms. The molecule has 0 aromatic heterocycles. The van der Waals surface area contributed by atoms with Crippen LogP contribution < -0.4 is 4.90 Å². The molecule has 0 fully saturated rings. The molecule has 5 nitrogen and oxygen atoms in total. The Morgan fingerprint density at radius 3 is 2.22 bits per heavy atom. The molecule has 0 N–H and O–H groups in total. The molecule has 2 aromatic rings. The van der Waals surface area contributed by atoms with E-state index in [0.29, 0.717) is 5.56 Å². The molecule has 0 radical (unpaired) electrons. The van der Waals surface area contributed by atoms with Gasteiger partial charge in [0.05, 0.1) is 25.3 Å². The number of alkyl halides is 3. The van der Waals surface area contributed by atoms with Gasteiger partial charge in [0, 0.05) is 12.2 Å². The van der Waals surface area contributed by atoms with Crippen molar-refractivity contribution in [3.05, 3.63) is 65.2 Å². The van der Waals surface area contributed by atoms with Crippen LogP contribution in [0.2, 0.25) is 0 Å². The first kappa shape index (κ1) is 20.3. The summed E-state index contributed by atoms with van der Waals surface area (Å²) in [4.78, 5) is 24.9. The lowest BCUT2D eigenvalue weighted by atomic mass is 10.1. The standard InChI is InChI=1S/C19H18F3NO4/c1-26-17(24)12-23(16-10-6-5-9-15(16)19(20,21)22)11-13-7-3-4-8-14(13)18(25)27-2/h3-10H,11-12H2,1-2H3. The van der Waals surface area contributed by atoms with Crippen LogP contribution in [0, 0.1) is 0 Å². The zero-order chi connectivity index (χ0) is 20.0. The van der Waals surface area contributed by atoms with Gasteiger partial charge in [0.15, 0.2) is 0 Å². The van der Waals surface area contributed by atoms with Crippen LogP contribution in [-0.2, 0) is 27.0 Å². The number of hydrogen-bond donors (Lipinski definition) is 0. The Balaban J connectivity index is 2.50. The third kappa shape index (κ3) is 4.99. The molecule has 0 saturated heterocycles. The molecule has 0 bridgehead atoms. The molecular formula is C19H18F3NO4. The van der Waals surface area contributed by atoms with Crippen molar-refractivity contribution in [2.24, 2.45) is 0 Å². The molecule has 0 spiro atoms. The molecule has 2 aromatic carbocycles. The molecule has 0 aliphatic heterocycles. The van der Waals surface area contributed by atoms with E-state index >= 15 is 0 Å². The first-order valence-corrected chi connectivity index (χ1v) is 7.92. The molecule has 144 valence electrons. The zero-order valence-electron chi connectivity index (χ0n) is 14.7. The van der Waals surface area contributed by atoms with Gasteiger partial charge in [0.2, 0.25) is 0 Å². The van der Waals surface area contributed by atoms with Crippen molar-refractivity contribution in [3.8, 4) is 0 Å². The van der Waals surface area contributed by atoms with Crippen LogP contribution in [0.3, 0.4) is 0 Å². The Labute approximate surface area is 154 Å². The Kier molecular flexibility index (Phi) is 6.44. The minimum Gasteiger partial charge on any atom is -0.468 e. The Morgan fingerprint density at radius 1 is 0.963 bits per heavy atom. The van der Waals surface area contributed by atoms with E-state index in [-0.39, 0.29) is 17.8 Å². The number of methoxy groups -OCH3 is 2. The number of anilines is 1. The number of hydrogen-bond acceptors (Lipinski definition) is 5. The highest BCUT2D eigenvalue weighted by Gasteiger charge is 2.35. The number of carbonyl (C=O) groups is 2. The number of esters is 2. The van der Waals surface area contributed by atoms with E-state index in [1.807, 2.05) is 0 Å². The van der Waals surface area contributed by atoms with Gasteiger partial charge in [-0.05, 0) is 23.8 Å². The van der Waals surface area contributed by atoms with Crippen LogP contribution in [0.25, 0.3) is 0 Å². The maximum Gasteiger partial charge on any atom is 0.418 e. The fourth-order valence-corrected chi connectivity index (χ4v) is 2.61. The van der Waals surface area contributed by atoms with E-state index in [9.17, 15) is 22.8 Å². The summed E-state index contributed by atoms with van der Waals surface area (Å²) in [6.45, 7) is -0.535. The van der Waals surface area contributed by atoms with Gasteiger partial charge in [0.1, 0.15) is 6.54 Å². The van der Waals surface area contributed by atoms with Crippen molar-refractivity contribution < 1.29 is 32.2 Å². The summed E-state index contributed by atoms with van der Waals surface area (Å²) in [5, 5.41) is 0. The summed E-state index contributed by atoms with van der Waals surface area (Å²) in [5.41, 5.74) is -0.441. The van der Waals surface area contributed by atoms with Crippen molar-refractivity contribution in [2.75, 3.05) is 25.7 Å². The van der Waals surface area contributed by atoms with Gasteiger partial charge >= 0.3 is 18.1 Å². The summed E-state index contributed by atoms with van der Waals surface area (Å²) >= 11 is 0. The van der Waals surface area contributed by atoms with Gasteiger partial charge < -0.3 is 14.4 Å². The van der Waals surface area contributed by atoms with E-state index < -0.39 is 30.2 Å². The van der Waals surface area contributed by atoms with Crippen LogP contribution in [0.1, 0.15) is 21.5 Å². The predicted octanol–water partition coefficient (Wildman–Crippen LogP) is 3.67. The maximum absolute atomic E-state index is 13.4. The third-order valence-electron chi connectivity index (χ3n) is 3.88. The average Bonchev–Trinajstić information content (AvgIpc) is 2.66. The molecular weight excluding hydrogens is 363 g/mol. The van der Waals surface area contributed by atoms with Crippen molar-refractivity contribution in [3.63, 3.8) is 0 Å². The predicted molar refractivity (Wildman–Crippen MR) is 92.3 cm³/mol. The Bertz CT molecular complexity index is 821. The number of benzene rings is 2. The quantitative estimate of drug-likeness (QED) is 0.715. The average molecular weight is 381 g/mol. The van der Waals surface area contributed by atoms with Gasteiger partial charge in [-0.1, -0.05) is 30.3 Å². The topological polar surface area (TPSA) is 55.8 Å². The summed E-state index contributed by atoms with van der Waals surface area (Å²) in [6.07, 6.45) is -4.60. The molecule has 2 rings (SSSR count). The highest BCUT2D eigenvalue weighted by Crippen LogP contribution is 2.37. The minimum absolute atomic E-state index is 0.118. The number of ether oxygens (including phenoxy) is 2. The monoisotopic (exact) mass is 381 g/mol. The van der Waals surface area contributed by atoms with E-state index in [2.05, 4.69) is 4.74 Å². The number of para-hydroxylation sites is 1. The lowest BCUT2D eigenvalue weighted by Gasteiger charge is -2.27. The van der Waals surface area contributed by atoms with E-state index in [4.69, 9.17) is 4.74 Å². The van der Waals surface area contributed by atoms with Crippen molar-refractivity contribution >= 4 is 17.6 Å². The molecule has 0 heterocycles. The molecule has 0 unspecified atom stereocenters. The summed E-state index contributed by atoms with van der Waals surface area (Å²) in [6, 6.07) is 11.3. The second kappa shape index (κ2) is 8.57. The number of halogens is 3. The second-order valence-electron chi connectivity index (χ2n) is 5.60. The largest absolute Gasteiger partial charge is 0.468 e. The normalized spacial score (nSPS) is 11.0. The summed E-state index contributed by atoms with van der Waals surface area (Å²) in [7, 11) is 2.36. The molecule has 0 atom stereocenters. The first-order chi connectivity index (χ1) is 12.8. The van der Waals surface area contributed by atoms with Crippen molar-refractivity contribution in [2.45, 2.75) is 12.7 Å². The fourth-order valence-electron chi connectivity index (χ4n) is 2.61. The minimum atomic E-state index is -4.60. The van der Waals surface area contributed by atoms with Gasteiger partial charge in [-0.25, -0.2) is 4.79 Å². The molecule has 27 heavy (non-hydrogen) atoms. The van der Waals surface area contributed by atoms with Crippen LogP contribution in [0.15, 0.2) is 48.5 Å². The smallest absolute Gasteiger partial charge is 0.418 e. The van der Waals surface area contributed by atoms with Gasteiger partial charge in [0.25, 0.3) is 0 Å². The summed E-state index contributed by atoms with van der Waals surface area (Å²) in [5.74, 6) is -1.32. The second-order valence-corrected chi connectivity index (χ2v) is 5.60. The highest BCUT2D eigenvalue weighted by atomic mass is 19.4. The fraction of sp³-hybridized carbons (Fsp3) is 0.263. The van der Waals surface area contributed by atoms with Crippen LogP contribution >= 0.6 is 0 Å². The molecule has 0 amide bonds. The third-order valence-corrected chi connectivity index (χ3v) is 3.88. The maximum atomic E-state index is 13.4.